The van der Waals surface area contributed by atoms with Crippen molar-refractivity contribution in [3.8, 4) is 5.75 Å². The van der Waals surface area contributed by atoms with E-state index >= 15 is 0 Å². The molecule has 1 heterocycles. The zero-order valence-corrected chi connectivity index (χ0v) is 35.8. The summed E-state index contributed by atoms with van der Waals surface area (Å²) in [5.74, 6) is -2.48. The predicted octanol–water partition coefficient (Wildman–Crippen LogP) is 9.41. The second-order valence-corrected chi connectivity index (χ2v) is 17.8. The van der Waals surface area contributed by atoms with Crippen LogP contribution < -0.4 is 20.3 Å². The first-order valence-electron chi connectivity index (χ1n) is 19.1. The smallest absolute Gasteiger partial charge is 0.334 e. The molecule has 1 saturated heterocycles. The Morgan fingerprint density at radius 3 is 2.04 bits per heavy atom. The number of alkyl halides is 1. The number of benzene rings is 3. The van der Waals surface area contributed by atoms with Gasteiger partial charge in [-0.15, -0.1) is 0 Å². The van der Waals surface area contributed by atoms with E-state index in [1.807, 2.05) is 6.07 Å². The molecule has 0 radical (unpaired) electrons. The molecule has 0 aromatic heterocycles. The van der Waals surface area contributed by atoms with Gasteiger partial charge >= 0.3 is 6.03 Å². The van der Waals surface area contributed by atoms with Gasteiger partial charge in [0, 0.05) is 40.3 Å². The van der Waals surface area contributed by atoms with E-state index < -0.39 is 39.6 Å². The lowest BCUT2D eigenvalue weighted by atomic mass is 9.76. The van der Waals surface area contributed by atoms with Crippen LogP contribution in [0.15, 0.2) is 72.8 Å². The number of anilines is 2. The zero-order chi connectivity index (χ0) is 41.9. The summed E-state index contributed by atoms with van der Waals surface area (Å²) in [6.07, 6.45) is 2.43. The average molecular weight is 808 g/mol. The summed E-state index contributed by atoms with van der Waals surface area (Å²) in [6, 6.07) is 19.9. The molecule has 0 bridgehead atoms. The molecule has 302 valence electrons. The number of ether oxygens (including phenoxy) is 1. The molecule has 3 aromatic rings. The van der Waals surface area contributed by atoms with Crippen LogP contribution in [0.2, 0.25) is 5.02 Å². The number of rotatable bonds is 17. The van der Waals surface area contributed by atoms with E-state index in [1.165, 1.54) is 38.2 Å². The highest BCUT2D eigenvalue weighted by molar-refractivity contribution is 6.51. The average Bonchev–Trinajstić information content (AvgIpc) is 3.34. The number of hydrogen-bond acceptors (Lipinski definition) is 6. The molecular formula is C44H56Cl2N4O6. The summed E-state index contributed by atoms with van der Waals surface area (Å²) >= 11 is 13.2. The standard InChI is InChI=1S/C44H56Cl2N4O6/c1-11-40(3,4)29-20-25-34(33(27-29)41(5,6)12-2)56-26-16-19-35(51)47-28-42(7,8)36(52)44(46,37(53)48-31-17-14-13-15-18-31)50-38(54)43(9,10)49(39(50)55)32-23-21-30(45)22-24-32/h13-15,17-18,20-25,27H,11-12,16,19,26,28H2,1-10H3,(H,47,51)(H,48,53). The van der Waals surface area contributed by atoms with E-state index in [-0.39, 0.29) is 29.7 Å². The number of amides is 5. The summed E-state index contributed by atoms with van der Waals surface area (Å²) in [5.41, 5.74) is -0.188. The van der Waals surface area contributed by atoms with Gasteiger partial charge in [-0.25, -0.2) is 9.69 Å². The van der Waals surface area contributed by atoms with Crippen LogP contribution in [0.25, 0.3) is 0 Å². The number of halogens is 2. The third-order valence-electron chi connectivity index (χ3n) is 11.1. The fraction of sp³-hybridized carbons (Fsp3) is 0.477. The maximum Gasteiger partial charge on any atom is 0.334 e. The van der Waals surface area contributed by atoms with E-state index in [0.717, 1.165) is 24.2 Å². The lowest BCUT2D eigenvalue weighted by molar-refractivity contribution is -0.147. The number of urea groups is 1. The van der Waals surface area contributed by atoms with Crippen molar-refractivity contribution in [2.75, 3.05) is 23.4 Å². The second kappa shape index (κ2) is 17.0. The van der Waals surface area contributed by atoms with Crippen LogP contribution in [0.1, 0.15) is 106 Å². The summed E-state index contributed by atoms with van der Waals surface area (Å²) in [7, 11) is 0. The minimum absolute atomic E-state index is 0.0209. The lowest BCUT2D eigenvalue weighted by Gasteiger charge is -2.37. The highest BCUT2D eigenvalue weighted by Gasteiger charge is 2.65. The first-order chi connectivity index (χ1) is 26.0. The summed E-state index contributed by atoms with van der Waals surface area (Å²) in [4.78, 5) is 69.2. The van der Waals surface area contributed by atoms with Crippen molar-refractivity contribution < 1.29 is 28.7 Å². The molecule has 1 atom stereocenters. The Morgan fingerprint density at radius 2 is 1.45 bits per heavy atom. The molecule has 2 N–H and O–H groups in total. The number of nitrogens with one attached hydrogen (secondary N) is 2. The monoisotopic (exact) mass is 806 g/mol. The Labute approximate surface area is 341 Å². The van der Waals surface area contributed by atoms with Crippen molar-refractivity contribution in [1.82, 2.24) is 10.2 Å². The molecule has 5 amide bonds. The topological polar surface area (TPSA) is 125 Å². The Bertz CT molecular complexity index is 1940. The van der Waals surface area contributed by atoms with E-state index in [4.69, 9.17) is 27.9 Å². The van der Waals surface area contributed by atoms with E-state index in [2.05, 4.69) is 64.3 Å². The van der Waals surface area contributed by atoms with Crippen LogP contribution in [0.5, 0.6) is 5.75 Å². The molecule has 1 unspecified atom stereocenters. The van der Waals surface area contributed by atoms with Crippen LogP contribution >= 0.6 is 23.2 Å². The number of para-hydroxylation sites is 1. The predicted molar refractivity (Wildman–Crippen MR) is 224 cm³/mol. The van der Waals surface area contributed by atoms with Gasteiger partial charge in [0.05, 0.1) is 6.61 Å². The number of Topliss-reactive ketones (excluding diaryl/α,β-unsaturated/α-hetero) is 1. The largest absolute Gasteiger partial charge is 0.493 e. The maximum absolute atomic E-state index is 14.6. The highest BCUT2D eigenvalue weighted by Crippen LogP contribution is 2.43. The van der Waals surface area contributed by atoms with Crippen molar-refractivity contribution >= 4 is 64.1 Å². The Kier molecular flexibility index (Phi) is 13.4. The fourth-order valence-electron chi connectivity index (χ4n) is 6.48. The molecule has 1 aliphatic heterocycles. The molecule has 3 aromatic carbocycles. The molecule has 56 heavy (non-hydrogen) atoms. The molecule has 10 nitrogen and oxygen atoms in total. The third-order valence-corrected chi connectivity index (χ3v) is 11.9. The number of ketones is 1. The van der Waals surface area contributed by atoms with E-state index in [9.17, 15) is 24.0 Å². The van der Waals surface area contributed by atoms with Crippen LogP contribution in [-0.2, 0) is 30.0 Å². The molecule has 1 fully saturated rings. The Balaban J connectivity index is 1.52. The van der Waals surface area contributed by atoms with Crippen LogP contribution in [0.3, 0.4) is 0 Å². The van der Waals surface area contributed by atoms with Gasteiger partial charge in [0.25, 0.3) is 16.8 Å². The second-order valence-electron chi connectivity index (χ2n) is 16.9. The van der Waals surface area contributed by atoms with Crippen LogP contribution in [-0.4, -0.2) is 58.1 Å². The highest BCUT2D eigenvalue weighted by atomic mass is 35.5. The van der Waals surface area contributed by atoms with Gasteiger partial charge in [-0.3, -0.25) is 24.1 Å². The molecule has 12 heteroatoms. The van der Waals surface area contributed by atoms with Gasteiger partial charge in [-0.05, 0) is 92.0 Å². The zero-order valence-electron chi connectivity index (χ0n) is 34.3. The van der Waals surface area contributed by atoms with Crippen LogP contribution in [0.4, 0.5) is 16.2 Å². The number of imide groups is 1. The van der Waals surface area contributed by atoms with Gasteiger partial charge in [-0.2, -0.15) is 0 Å². The van der Waals surface area contributed by atoms with Gasteiger partial charge in [0.15, 0.2) is 5.78 Å². The fourth-order valence-corrected chi connectivity index (χ4v) is 7.06. The molecule has 1 aliphatic rings. The van der Waals surface area contributed by atoms with Gasteiger partial charge in [0.2, 0.25) is 5.91 Å². The van der Waals surface area contributed by atoms with Crippen molar-refractivity contribution in [3.63, 3.8) is 0 Å². The first kappa shape index (κ1) is 44.3. The van der Waals surface area contributed by atoms with Gasteiger partial charge in [-0.1, -0.05) is 109 Å². The number of hydrogen-bond donors (Lipinski definition) is 2. The minimum atomic E-state index is -2.84. The number of nitrogens with zero attached hydrogens (tertiary/aromatic N) is 2. The maximum atomic E-state index is 14.6. The molecule has 4 rings (SSSR count). The molecule has 0 saturated carbocycles. The SMILES string of the molecule is CCC(C)(C)c1ccc(OCCCC(=O)NCC(C)(C)C(=O)C(Cl)(C(=O)Nc2ccccc2)N2C(=O)N(c3ccc(Cl)cc3)C(C)(C)C2=O)c(C(C)(C)CC)c1. The third kappa shape index (κ3) is 9.07. The van der Waals surface area contributed by atoms with Crippen molar-refractivity contribution in [2.45, 2.75) is 116 Å². The normalized spacial score (nSPS) is 15.7. The van der Waals surface area contributed by atoms with Crippen molar-refractivity contribution in [3.05, 3.63) is 88.9 Å². The minimum Gasteiger partial charge on any atom is -0.493 e. The lowest BCUT2D eigenvalue weighted by Crippen LogP contribution is -2.65. The summed E-state index contributed by atoms with van der Waals surface area (Å²) in [5, 5.41) is 5.81. The Hall–Kier alpha value is -4.41. The number of carbonyl (C=O) groups excluding carboxylic acids is 5. The van der Waals surface area contributed by atoms with Crippen LogP contribution in [0, 0.1) is 5.41 Å². The van der Waals surface area contributed by atoms with Gasteiger partial charge in [0.1, 0.15) is 11.3 Å². The first-order valence-corrected chi connectivity index (χ1v) is 19.9. The van der Waals surface area contributed by atoms with Crippen molar-refractivity contribution in [2.24, 2.45) is 5.41 Å². The Morgan fingerprint density at radius 1 is 0.839 bits per heavy atom. The molecular weight excluding hydrogens is 751 g/mol. The molecule has 0 spiro atoms. The van der Waals surface area contributed by atoms with Gasteiger partial charge < -0.3 is 15.4 Å². The quantitative estimate of drug-likeness (QED) is 0.0461. The molecule has 0 aliphatic carbocycles. The summed E-state index contributed by atoms with van der Waals surface area (Å²) < 4.78 is 6.24. The number of carbonyl (C=O) groups is 5. The van der Waals surface area contributed by atoms with Crippen molar-refractivity contribution in [1.29, 1.82) is 0 Å². The summed E-state index contributed by atoms with van der Waals surface area (Å²) in [6.45, 7) is 19.2. The van der Waals surface area contributed by atoms with E-state index in [0.29, 0.717) is 34.3 Å². The van der Waals surface area contributed by atoms with E-state index in [1.54, 1.807) is 54.6 Å².